The summed E-state index contributed by atoms with van der Waals surface area (Å²) in [6.45, 7) is 7.71. The van der Waals surface area contributed by atoms with Crippen molar-refractivity contribution < 1.29 is 20.1 Å². The van der Waals surface area contributed by atoms with Crippen LogP contribution in [0.25, 0.3) is 0 Å². The Hall–Kier alpha value is -1.88. The molecule has 0 aromatic heterocycles. The van der Waals surface area contributed by atoms with Crippen LogP contribution in [0.5, 0.6) is 5.75 Å². The lowest BCUT2D eigenvalue weighted by Gasteiger charge is -2.59. The van der Waals surface area contributed by atoms with Gasteiger partial charge in [-0.15, -0.1) is 0 Å². The second kappa shape index (κ2) is 7.61. The molecule has 168 valence electrons. The summed E-state index contributed by atoms with van der Waals surface area (Å²) in [5.41, 5.74) is -0.228. The van der Waals surface area contributed by atoms with Gasteiger partial charge < -0.3 is 20.1 Å². The molecule has 1 saturated carbocycles. The largest absolute Gasteiger partial charge is 0.491 e. The Labute approximate surface area is 185 Å². The highest BCUT2D eigenvalue weighted by Gasteiger charge is 2.60. The van der Waals surface area contributed by atoms with E-state index in [1.165, 1.54) is 11.1 Å². The average Bonchev–Trinajstić information content (AvgIpc) is 2.73. The van der Waals surface area contributed by atoms with Gasteiger partial charge in [-0.1, -0.05) is 43.3 Å². The molecule has 0 spiro atoms. The molecule has 4 atom stereocenters. The number of rotatable bonds is 5. The van der Waals surface area contributed by atoms with E-state index in [0.29, 0.717) is 18.8 Å². The third kappa shape index (κ3) is 3.79. The van der Waals surface area contributed by atoms with Crippen molar-refractivity contribution in [3.8, 4) is 5.75 Å². The molecule has 2 aromatic carbocycles. The van der Waals surface area contributed by atoms with Gasteiger partial charge in [-0.3, -0.25) is 0 Å². The quantitative estimate of drug-likeness (QED) is 0.662. The van der Waals surface area contributed by atoms with Gasteiger partial charge in [-0.2, -0.15) is 0 Å². The van der Waals surface area contributed by atoms with Crippen molar-refractivity contribution in [2.24, 2.45) is 5.92 Å². The summed E-state index contributed by atoms with van der Waals surface area (Å²) >= 11 is 0. The first kappa shape index (κ1) is 22.3. The SMILES string of the molecule is CCC12CC(C)(O)C(O)(c3ccccc3)C[C@H]1CCc1cc(OCC(C)(C)O)ccc12. The van der Waals surface area contributed by atoms with E-state index >= 15 is 0 Å². The number of ether oxygens (including phenoxy) is 1. The summed E-state index contributed by atoms with van der Waals surface area (Å²) in [4.78, 5) is 0. The van der Waals surface area contributed by atoms with Crippen LogP contribution in [-0.4, -0.2) is 33.1 Å². The van der Waals surface area contributed by atoms with Crippen LogP contribution in [0.4, 0.5) is 0 Å². The Morgan fingerprint density at radius 3 is 2.45 bits per heavy atom. The summed E-state index contributed by atoms with van der Waals surface area (Å²) < 4.78 is 5.83. The van der Waals surface area contributed by atoms with Crippen LogP contribution in [0.15, 0.2) is 48.5 Å². The maximum Gasteiger partial charge on any atom is 0.119 e. The molecule has 2 aromatic rings. The minimum absolute atomic E-state index is 0.174. The minimum atomic E-state index is -1.26. The van der Waals surface area contributed by atoms with Gasteiger partial charge in [-0.25, -0.2) is 0 Å². The number of hydrogen-bond donors (Lipinski definition) is 3. The van der Waals surface area contributed by atoms with E-state index in [1.807, 2.05) is 36.4 Å². The van der Waals surface area contributed by atoms with Crippen LogP contribution in [0.3, 0.4) is 0 Å². The number of aryl methyl sites for hydroxylation is 1. The minimum Gasteiger partial charge on any atom is -0.491 e. The van der Waals surface area contributed by atoms with Crippen molar-refractivity contribution in [3.63, 3.8) is 0 Å². The number of aliphatic hydroxyl groups is 3. The van der Waals surface area contributed by atoms with Crippen LogP contribution in [0, 0.1) is 5.92 Å². The predicted molar refractivity (Wildman–Crippen MR) is 122 cm³/mol. The molecule has 0 aliphatic heterocycles. The summed E-state index contributed by atoms with van der Waals surface area (Å²) in [7, 11) is 0. The van der Waals surface area contributed by atoms with Gasteiger partial charge >= 0.3 is 0 Å². The second-order valence-corrected chi connectivity index (χ2v) is 10.5. The molecule has 2 aliphatic carbocycles. The molecule has 3 N–H and O–H groups in total. The van der Waals surface area contributed by atoms with Gasteiger partial charge in [0.15, 0.2) is 0 Å². The van der Waals surface area contributed by atoms with Gasteiger partial charge in [0.1, 0.15) is 18.0 Å². The fraction of sp³-hybridized carbons (Fsp3) is 0.556. The lowest BCUT2D eigenvalue weighted by molar-refractivity contribution is -0.205. The molecule has 4 rings (SSSR count). The molecule has 4 nitrogen and oxygen atoms in total. The summed E-state index contributed by atoms with van der Waals surface area (Å²) in [6.07, 6.45) is 3.88. The van der Waals surface area contributed by atoms with Gasteiger partial charge in [0.25, 0.3) is 0 Å². The molecule has 0 bridgehead atoms. The highest BCUT2D eigenvalue weighted by atomic mass is 16.5. The normalized spacial score (nSPS) is 32.8. The number of hydrogen-bond acceptors (Lipinski definition) is 4. The smallest absolute Gasteiger partial charge is 0.119 e. The summed E-state index contributed by atoms with van der Waals surface area (Å²) in [5, 5.41) is 33.4. The Morgan fingerprint density at radius 1 is 1.10 bits per heavy atom. The van der Waals surface area contributed by atoms with E-state index in [-0.39, 0.29) is 12.0 Å². The Morgan fingerprint density at radius 2 is 1.81 bits per heavy atom. The van der Waals surface area contributed by atoms with Crippen molar-refractivity contribution in [2.75, 3.05) is 6.61 Å². The summed E-state index contributed by atoms with van der Waals surface area (Å²) in [6, 6.07) is 15.9. The topological polar surface area (TPSA) is 69.9 Å². The molecule has 0 saturated heterocycles. The van der Waals surface area contributed by atoms with E-state index in [1.54, 1.807) is 20.8 Å². The fourth-order valence-electron chi connectivity index (χ4n) is 6.06. The monoisotopic (exact) mass is 424 g/mol. The Bertz CT molecular complexity index is 930. The van der Waals surface area contributed by atoms with Crippen molar-refractivity contribution in [1.29, 1.82) is 0 Å². The van der Waals surface area contributed by atoms with Gasteiger partial charge in [-0.05, 0) is 87.6 Å². The lowest BCUT2D eigenvalue weighted by Crippen LogP contribution is -2.62. The van der Waals surface area contributed by atoms with E-state index in [4.69, 9.17) is 4.74 Å². The summed E-state index contributed by atoms with van der Waals surface area (Å²) in [5.74, 6) is 1.06. The zero-order chi connectivity index (χ0) is 22.5. The van der Waals surface area contributed by atoms with Crippen molar-refractivity contribution in [3.05, 3.63) is 65.2 Å². The predicted octanol–water partition coefficient (Wildman–Crippen LogP) is 4.48. The highest BCUT2D eigenvalue weighted by Crippen LogP contribution is 2.60. The zero-order valence-corrected chi connectivity index (χ0v) is 19.2. The zero-order valence-electron chi connectivity index (χ0n) is 19.2. The number of benzene rings is 2. The molecule has 2 aliphatic rings. The van der Waals surface area contributed by atoms with E-state index in [2.05, 4.69) is 19.1 Å². The molecule has 0 heterocycles. The van der Waals surface area contributed by atoms with Crippen molar-refractivity contribution in [2.45, 2.75) is 82.0 Å². The first-order valence-corrected chi connectivity index (χ1v) is 11.5. The molecule has 3 unspecified atom stereocenters. The Balaban J connectivity index is 1.70. The second-order valence-electron chi connectivity index (χ2n) is 10.5. The first-order chi connectivity index (χ1) is 14.5. The van der Waals surface area contributed by atoms with Crippen LogP contribution >= 0.6 is 0 Å². The van der Waals surface area contributed by atoms with Crippen LogP contribution in [0.1, 0.15) is 70.1 Å². The Kier molecular flexibility index (Phi) is 5.48. The lowest BCUT2D eigenvalue weighted by atomic mass is 9.49. The molecule has 31 heavy (non-hydrogen) atoms. The van der Waals surface area contributed by atoms with Gasteiger partial charge in [0.2, 0.25) is 0 Å². The van der Waals surface area contributed by atoms with Gasteiger partial charge in [0, 0.05) is 5.41 Å². The van der Waals surface area contributed by atoms with E-state index in [0.717, 1.165) is 30.6 Å². The maximum atomic E-state index is 11.8. The third-order valence-electron chi connectivity index (χ3n) is 7.72. The van der Waals surface area contributed by atoms with Crippen molar-refractivity contribution >= 4 is 0 Å². The maximum absolute atomic E-state index is 11.8. The number of fused-ring (bicyclic) bond motifs is 3. The van der Waals surface area contributed by atoms with E-state index in [9.17, 15) is 15.3 Å². The average molecular weight is 425 g/mol. The third-order valence-corrected chi connectivity index (χ3v) is 7.72. The molecular weight excluding hydrogens is 388 g/mol. The molecule has 1 fully saturated rings. The fourth-order valence-corrected chi connectivity index (χ4v) is 6.06. The van der Waals surface area contributed by atoms with Crippen LogP contribution in [0.2, 0.25) is 0 Å². The van der Waals surface area contributed by atoms with Gasteiger partial charge in [0.05, 0.1) is 11.2 Å². The van der Waals surface area contributed by atoms with E-state index < -0.39 is 16.8 Å². The molecule has 0 radical (unpaired) electrons. The van der Waals surface area contributed by atoms with Crippen LogP contribution < -0.4 is 4.74 Å². The molecule has 4 heteroatoms. The first-order valence-electron chi connectivity index (χ1n) is 11.5. The van der Waals surface area contributed by atoms with Crippen LogP contribution in [-0.2, 0) is 17.4 Å². The molecular formula is C27H36O4. The standard InChI is InChI=1S/C27H36O4/c1-5-26-17-25(4,29)27(30,20-9-7-6-8-10-20)16-21(26)12-11-19-15-22(13-14-23(19)26)31-18-24(2,3)28/h6-10,13-15,21,28-30H,5,11-12,16-18H2,1-4H3/t21-,25?,26?,27?/m1/s1. The molecule has 0 amide bonds. The highest BCUT2D eigenvalue weighted by molar-refractivity contribution is 5.45. The van der Waals surface area contributed by atoms with Crippen molar-refractivity contribution in [1.82, 2.24) is 0 Å².